The molecule has 0 heterocycles. The highest BCUT2D eigenvalue weighted by Gasteiger charge is 2.18. The molecule has 0 aliphatic rings. The summed E-state index contributed by atoms with van der Waals surface area (Å²) in [5.41, 5.74) is 1.14. The Morgan fingerprint density at radius 1 is 1.07 bits per heavy atom. The van der Waals surface area contributed by atoms with Crippen LogP contribution in [-0.2, 0) is 9.47 Å². The molecule has 0 spiro atoms. The normalized spacial score (nSPS) is 12.4. The number of aliphatic imine (C=N–C) groups is 1. The molecule has 1 unspecified atom stereocenters. The lowest BCUT2D eigenvalue weighted by Crippen LogP contribution is -2.42. The van der Waals surface area contributed by atoms with Crippen LogP contribution in [-0.4, -0.2) is 78.6 Å². The van der Waals surface area contributed by atoms with E-state index in [2.05, 4.69) is 47.6 Å². The number of halogens is 1. The van der Waals surface area contributed by atoms with Crippen molar-refractivity contribution in [2.24, 2.45) is 4.99 Å². The van der Waals surface area contributed by atoms with Gasteiger partial charge in [-0.1, -0.05) is 31.5 Å². The molecule has 0 aromatic heterocycles. The number of benzene rings is 1. The smallest absolute Gasteiger partial charge is 0.191 e. The first-order chi connectivity index (χ1) is 13.6. The lowest BCUT2D eigenvalue weighted by atomic mass is 10.0. The van der Waals surface area contributed by atoms with E-state index in [0.29, 0.717) is 32.9 Å². The van der Waals surface area contributed by atoms with Gasteiger partial charge in [-0.25, -0.2) is 0 Å². The fourth-order valence-electron chi connectivity index (χ4n) is 2.74. The van der Waals surface area contributed by atoms with Crippen LogP contribution in [0.4, 0.5) is 0 Å². The van der Waals surface area contributed by atoms with Gasteiger partial charge in [-0.2, -0.15) is 0 Å². The molecule has 168 valence electrons. The second-order valence-corrected chi connectivity index (χ2v) is 6.68. The zero-order valence-corrected chi connectivity index (χ0v) is 20.9. The van der Waals surface area contributed by atoms with E-state index < -0.39 is 0 Å². The Balaban J connectivity index is 0.00000784. The number of guanidine groups is 1. The van der Waals surface area contributed by atoms with Crippen LogP contribution >= 0.6 is 24.0 Å². The third-order valence-corrected chi connectivity index (χ3v) is 4.36. The Labute approximate surface area is 193 Å². The maximum absolute atomic E-state index is 5.58. The summed E-state index contributed by atoms with van der Waals surface area (Å²) in [6, 6.07) is 8.26. The first-order valence-electron chi connectivity index (χ1n) is 10.0. The molecule has 8 heteroatoms. The first-order valence-corrected chi connectivity index (χ1v) is 10.0. The first kappa shape index (κ1) is 27.9. The maximum Gasteiger partial charge on any atom is 0.191 e. The van der Waals surface area contributed by atoms with Gasteiger partial charge in [-0.15, -0.1) is 24.0 Å². The van der Waals surface area contributed by atoms with Gasteiger partial charge in [0.05, 0.1) is 33.0 Å². The Kier molecular flexibility index (Phi) is 17.1. The topological polar surface area (TPSA) is 67.3 Å². The Morgan fingerprint density at radius 2 is 1.76 bits per heavy atom. The van der Waals surface area contributed by atoms with Gasteiger partial charge in [0.15, 0.2) is 5.96 Å². The van der Waals surface area contributed by atoms with Crippen LogP contribution in [0, 0.1) is 0 Å². The van der Waals surface area contributed by atoms with Crippen LogP contribution in [0.5, 0.6) is 5.75 Å². The molecule has 0 bridgehead atoms. The molecule has 0 saturated heterocycles. The van der Waals surface area contributed by atoms with E-state index in [-0.39, 0.29) is 30.0 Å². The van der Waals surface area contributed by atoms with Crippen LogP contribution < -0.4 is 15.4 Å². The maximum atomic E-state index is 5.58. The third kappa shape index (κ3) is 11.6. The molecule has 0 fully saturated rings. The van der Waals surface area contributed by atoms with E-state index >= 15 is 0 Å². The number of methoxy groups -OCH3 is 1. The molecule has 7 nitrogen and oxygen atoms in total. The number of para-hydroxylation sites is 1. The van der Waals surface area contributed by atoms with Gasteiger partial charge < -0.3 is 29.7 Å². The van der Waals surface area contributed by atoms with Crippen LogP contribution in [0.25, 0.3) is 0 Å². The quantitative estimate of drug-likeness (QED) is 0.170. The Hall–Kier alpha value is -1.10. The van der Waals surface area contributed by atoms with Crippen molar-refractivity contribution in [2.45, 2.75) is 25.8 Å². The monoisotopic (exact) mass is 522 g/mol. The van der Waals surface area contributed by atoms with Crippen molar-refractivity contribution in [2.75, 3.05) is 67.8 Å². The van der Waals surface area contributed by atoms with Crippen LogP contribution in [0.2, 0.25) is 0 Å². The molecule has 1 rings (SSSR count). The van der Waals surface area contributed by atoms with Gasteiger partial charge in [0, 0.05) is 32.3 Å². The highest BCUT2D eigenvalue weighted by atomic mass is 127. The van der Waals surface area contributed by atoms with Crippen LogP contribution in [0.3, 0.4) is 0 Å². The van der Waals surface area contributed by atoms with Gasteiger partial charge in [-0.3, -0.25) is 4.99 Å². The third-order valence-electron chi connectivity index (χ3n) is 4.36. The van der Waals surface area contributed by atoms with E-state index in [0.717, 1.165) is 36.7 Å². The van der Waals surface area contributed by atoms with Crippen molar-refractivity contribution in [3.63, 3.8) is 0 Å². The van der Waals surface area contributed by atoms with E-state index in [1.165, 1.54) is 0 Å². The summed E-state index contributed by atoms with van der Waals surface area (Å²) in [5, 5.41) is 6.67. The predicted octanol–water partition coefficient (Wildman–Crippen LogP) is 2.91. The largest absolute Gasteiger partial charge is 0.496 e. The molecular weight excluding hydrogens is 483 g/mol. The van der Waals surface area contributed by atoms with E-state index in [1.807, 2.05) is 18.2 Å². The molecule has 2 N–H and O–H groups in total. The lowest BCUT2D eigenvalue weighted by Gasteiger charge is -2.27. The van der Waals surface area contributed by atoms with E-state index in [4.69, 9.17) is 14.2 Å². The highest BCUT2D eigenvalue weighted by molar-refractivity contribution is 14.0. The molecule has 0 aliphatic carbocycles. The number of nitrogens with zero attached hydrogens (tertiary/aromatic N) is 2. The van der Waals surface area contributed by atoms with E-state index in [1.54, 1.807) is 14.2 Å². The van der Waals surface area contributed by atoms with Gasteiger partial charge in [0.1, 0.15) is 5.75 Å². The Bertz CT molecular complexity index is 558. The summed E-state index contributed by atoms with van der Waals surface area (Å²) < 4.78 is 16.6. The molecule has 0 radical (unpaired) electrons. The van der Waals surface area contributed by atoms with Gasteiger partial charge >= 0.3 is 0 Å². The number of hydrogen-bond acceptors (Lipinski definition) is 5. The summed E-state index contributed by atoms with van der Waals surface area (Å²) >= 11 is 0. The number of nitrogens with one attached hydrogen (secondary N) is 2. The summed E-state index contributed by atoms with van der Waals surface area (Å²) in [5.74, 6) is 1.64. The van der Waals surface area contributed by atoms with Gasteiger partial charge in [0.2, 0.25) is 0 Å². The number of hydrogen-bond donors (Lipinski definition) is 2. The summed E-state index contributed by atoms with van der Waals surface area (Å²) in [6.07, 6.45) is 2.26. The van der Waals surface area contributed by atoms with Crippen molar-refractivity contribution in [3.8, 4) is 5.75 Å². The molecule has 0 aliphatic heterocycles. The van der Waals surface area contributed by atoms with Crippen molar-refractivity contribution >= 4 is 29.9 Å². The Morgan fingerprint density at radius 3 is 2.38 bits per heavy atom. The minimum atomic E-state index is 0. The van der Waals surface area contributed by atoms with E-state index in [9.17, 15) is 0 Å². The zero-order valence-electron chi connectivity index (χ0n) is 18.6. The number of rotatable bonds is 14. The second-order valence-electron chi connectivity index (χ2n) is 6.68. The van der Waals surface area contributed by atoms with Crippen molar-refractivity contribution in [3.05, 3.63) is 29.8 Å². The molecule has 0 saturated carbocycles. The predicted molar refractivity (Wildman–Crippen MR) is 131 cm³/mol. The molecule has 29 heavy (non-hydrogen) atoms. The standard InChI is InChI=1S/C21H38N4O3.HI/c1-6-7-13-27-15-16-28-14-12-23-21(22-2)24-17-19(25(3)4)18-10-8-9-11-20(18)26-5;/h8-11,19H,6-7,12-17H2,1-5H3,(H2,22,23,24);1H. The van der Waals surface area contributed by atoms with Gasteiger partial charge in [0.25, 0.3) is 0 Å². The average molecular weight is 522 g/mol. The van der Waals surface area contributed by atoms with Gasteiger partial charge in [-0.05, 0) is 26.6 Å². The molecule has 1 aromatic carbocycles. The summed E-state index contributed by atoms with van der Waals surface area (Å²) in [4.78, 5) is 6.45. The molecule has 1 atom stereocenters. The average Bonchev–Trinajstić information content (AvgIpc) is 2.71. The molecule has 0 amide bonds. The van der Waals surface area contributed by atoms with Crippen LogP contribution in [0.1, 0.15) is 31.4 Å². The lowest BCUT2D eigenvalue weighted by molar-refractivity contribution is 0.0487. The number of ether oxygens (including phenoxy) is 3. The minimum absolute atomic E-state index is 0. The highest BCUT2D eigenvalue weighted by Crippen LogP contribution is 2.27. The summed E-state index contributed by atoms with van der Waals surface area (Å²) in [6.45, 7) is 6.25. The van der Waals surface area contributed by atoms with Crippen molar-refractivity contribution in [1.82, 2.24) is 15.5 Å². The van der Waals surface area contributed by atoms with Crippen molar-refractivity contribution in [1.29, 1.82) is 0 Å². The SMILES string of the molecule is CCCCOCCOCCNC(=NC)NCC(c1ccccc1OC)N(C)C.I. The van der Waals surface area contributed by atoms with Crippen molar-refractivity contribution < 1.29 is 14.2 Å². The molecule has 1 aromatic rings. The minimum Gasteiger partial charge on any atom is -0.496 e. The fraction of sp³-hybridized carbons (Fsp3) is 0.667. The second kappa shape index (κ2) is 17.7. The summed E-state index contributed by atoms with van der Waals surface area (Å²) in [7, 11) is 7.59. The number of likely N-dealkylation sites (N-methyl/N-ethyl adjacent to an activating group) is 1. The number of unbranched alkanes of at least 4 members (excludes halogenated alkanes) is 1. The zero-order chi connectivity index (χ0) is 20.6. The fourth-order valence-corrected chi connectivity index (χ4v) is 2.74. The molecular formula is C21H39IN4O3. The van der Waals surface area contributed by atoms with Crippen LogP contribution in [0.15, 0.2) is 29.3 Å².